The maximum Gasteiger partial charge on any atom is 0.137 e. The highest BCUT2D eigenvalue weighted by Gasteiger charge is 2.24. The van der Waals surface area contributed by atoms with Crippen molar-refractivity contribution in [3.63, 3.8) is 0 Å². The van der Waals surface area contributed by atoms with E-state index in [1.54, 1.807) is 0 Å². The van der Waals surface area contributed by atoms with Crippen molar-refractivity contribution in [3.05, 3.63) is 206 Å². The van der Waals surface area contributed by atoms with Crippen LogP contribution in [-0.4, -0.2) is 4.57 Å². The Bertz CT molecular complexity index is 3200. The SMILES string of the molecule is c1ccc(-c2cccc3cccc(-c4ccccc4N(c4ccc5c(c4)oc4ccccc45)c4cccc5c4c4ccccc4n5-c4ccccc4)c23)cc1. The third-order valence-corrected chi connectivity index (χ3v) is 11.0. The summed E-state index contributed by atoms with van der Waals surface area (Å²) in [6.45, 7) is 0. The van der Waals surface area contributed by atoms with E-state index in [1.165, 1.54) is 43.8 Å². The monoisotopic (exact) mass is 702 g/mol. The van der Waals surface area contributed by atoms with E-state index in [1.807, 2.05) is 12.1 Å². The summed E-state index contributed by atoms with van der Waals surface area (Å²) in [4.78, 5) is 2.44. The molecule has 2 heterocycles. The molecule has 0 radical (unpaired) electrons. The number of benzene rings is 9. The largest absolute Gasteiger partial charge is 0.456 e. The van der Waals surface area contributed by atoms with Gasteiger partial charge in [0.2, 0.25) is 0 Å². The summed E-state index contributed by atoms with van der Waals surface area (Å²) in [5.41, 5.74) is 13.1. The van der Waals surface area contributed by atoms with Gasteiger partial charge in [-0.15, -0.1) is 0 Å². The van der Waals surface area contributed by atoms with Gasteiger partial charge >= 0.3 is 0 Å². The molecule has 258 valence electrons. The molecular weight excluding hydrogens is 669 g/mol. The average Bonchev–Trinajstić information content (AvgIpc) is 3.80. The summed E-state index contributed by atoms with van der Waals surface area (Å²) in [5, 5.41) is 7.04. The van der Waals surface area contributed by atoms with Crippen molar-refractivity contribution in [3.8, 4) is 27.9 Å². The number of rotatable bonds is 6. The highest BCUT2D eigenvalue weighted by Crippen LogP contribution is 2.49. The van der Waals surface area contributed by atoms with Crippen molar-refractivity contribution in [2.75, 3.05) is 4.90 Å². The number of para-hydroxylation sites is 4. The molecule has 0 amide bonds. The van der Waals surface area contributed by atoms with Gasteiger partial charge in [0.25, 0.3) is 0 Å². The molecule has 3 nitrogen and oxygen atoms in total. The summed E-state index contributed by atoms with van der Waals surface area (Å²) >= 11 is 0. The molecule has 0 spiro atoms. The van der Waals surface area contributed by atoms with Crippen LogP contribution in [0.1, 0.15) is 0 Å². The van der Waals surface area contributed by atoms with E-state index in [4.69, 9.17) is 4.42 Å². The van der Waals surface area contributed by atoms with E-state index in [0.717, 1.165) is 55.8 Å². The van der Waals surface area contributed by atoms with E-state index in [-0.39, 0.29) is 0 Å². The van der Waals surface area contributed by atoms with E-state index < -0.39 is 0 Å². The number of anilines is 3. The Kier molecular flexibility index (Phi) is 7.17. The van der Waals surface area contributed by atoms with Crippen molar-refractivity contribution in [2.24, 2.45) is 0 Å². The molecule has 0 N–H and O–H groups in total. The highest BCUT2D eigenvalue weighted by atomic mass is 16.3. The molecule has 9 aromatic carbocycles. The lowest BCUT2D eigenvalue weighted by molar-refractivity contribution is 0.669. The summed E-state index contributed by atoms with van der Waals surface area (Å²) in [6.07, 6.45) is 0. The van der Waals surface area contributed by atoms with Gasteiger partial charge in [-0.2, -0.15) is 0 Å². The fraction of sp³-hybridized carbons (Fsp3) is 0. The van der Waals surface area contributed by atoms with Crippen LogP contribution in [0.15, 0.2) is 211 Å². The number of hydrogen-bond acceptors (Lipinski definition) is 2. The molecule has 0 aliphatic carbocycles. The molecule has 0 atom stereocenters. The van der Waals surface area contributed by atoms with Crippen LogP contribution >= 0.6 is 0 Å². The molecule has 0 saturated carbocycles. The van der Waals surface area contributed by atoms with Crippen molar-refractivity contribution in [1.82, 2.24) is 4.57 Å². The van der Waals surface area contributed by atoms with Gasteiger partial charge in [0.05, 0.1) is 22.4 Å². The maximum atomic E-state index is 6.54. The summed E-state index contributed by atoms with van der Waals surface area (Å²) in [6, 6.07) is 74.0. The van der Waals surface area contributed by atoms with Gasteiger partial charge in [0.1, 0.15) is 11.2 Å². The Morgan fingerprint density at radius 3 is 1.85 bits per heavy atom. The van der Waals surface area contributed by atoms with Crippen molar-refractivity contribution >= 4 is 71.6 Å². The Balaban J connectivity index is 1.24. The minimum absolute atomic E-state index is 0.858. The Hall–Kier alpha value is -7.36. The van der Waals surface area contributed by atoms with Gasteiger partial charge < -0.3 is 13.9 Å². The number of hydrogen-bond donors (Lipinski definition) is 0. The topological polar surface area (TPSA) is 21.3 Å². The highest BCUT2D eigenvalue weighted by molar-refractivity contribution is 6.18. The van der Waals surface area contributed by atoms with Gasteiger partial charge in [-0.3, -0.25) is 0 Å². The van der Waals surface area contributed by atoms with Crippen molar-refractivity contribution in [2.45, 2.75) is 0 Å². The van der Waals surface area contributed by atoms with Gasteiger partial charge in [-0.25, -0.2) is 0 Å². The predicted octanol–water partition coefficient (Wildman–Crippen LogP) is 14.6. The Morgan fingerprint density at radius 2 is 1.00 bits per heavy atom. The van der Waals surface area contributed by atoms with E-state index in [9.17, 15) is 0 Å². The molecule has 2 aromatic heterocycles. The molecule has 0 saturated heterocycles. The third-order valence-electron chi connectivity index (χ3n) is 11.0. The second-order valence-electron chi connectivity index (χ2n) is 14.1. The zero-order valence-electron chi connectivity index (χ0n) is 29.9. The molecular formula is C52H34N2O. The number of nitrogens with zero attached hydrogens (tertiary/aromatic N) is 2. The summed E-state index contributed by atoms with van der Waals surface area (Å²) in [5.74, 6) is 0. The maximum absolute atomic E-state index is 6.54. The first-order chi connectivity index (χ1) is 27.3. The molecule has 0 bridgehead atoms. The van der Waals surface area contributed by atoms with E-state index in [2.05, 4.69) is 204 Å². The normalized spacial score (nSPS) is 11.6. The van der Waals surface area contributed by atoms with Crippen molar-refractivity contribution < 1.29 is 4.42 Å². The number of fused-ring (bicyclic) bond motifs is 7. The number of aromatic nitrogens is 1. The standard InChI is InChI=1S/C52H34N2O/c1-3-16-35(17-4-1)39-25-13-18-36-19-14-26-43(51(36)39)40-22-7-10-27-45(40)54(38-32-33-42-41-23-9-12-31-49(41)55-50(42)34-38)48-30-15-29-47-52(48)44-24-8-11-28-46(44)53(47)37-20-5-2-6-21-37/h1-34H. The minimum Gasteiger partial charge on any atom is -0.456 e. The zero-order valence-corrected chi connectivity index (χ0v) is 29.9. The Morgan fingerprint density at radius 1 is 0.382 bits per heavy atom. The fourth-order valence-corrected chi connectivity index (χ4v) is 8.62. The molecule has 0 aliphatic rings. The summed E-state index contributed by atoms with van der Waals surface area (Å²) in [7, 11) is 0. The predicted molar refractivity (Wildman–Crippen MR) is 231 cm³/mol. The second-order valence-corrected chi connectivity index (χ2v) is 14.1. The van der Waals surface area contributed by atoms with Crippen LogP contribution in [0.5, 0.6) is 0 Å². The molecule has 0 fully saturated rings. The van der Waals surface area contributed by atoms with Crippen LogP contribution in [0.2, 0.25) is 0 Å². The third kappa shape index (κ3) is 4.98. The number of furan rings is 1. The average molecular weight is 703 g/mol. The van der Waals surface area contributed by atoms with Gasteiger partial charge in [0.15, 0.2) is 0 Å². The smallest absolute Gasteiger partial charge is 0.137 e. The zero-order chi connectivity index (χ0) is 36.3. The van der Waals surface area contributed by atoms with Crippen LogP contribution in [0.4, 0.5) is 17.1 Å². The van der Waals surface area contributed by atoms with E-state index in [0.29, 0.717) is 0 Å². The molecule has 11 rings (SSSR count). The molecule has 11 aromatic rings. The molecule has 55 heavy (non-hydrogen) atoms. The lowest BCUT2D eigenvalue weighted by Crippen LogP contribution is -2.12. The van der Waals surface area contributed by atoms with Crippen LogP contribution in [0.25, 0.3) is 82.5 Å². The van der Waals surface area contributed by atoms with E-state index >= 15 is 0 Å². The molecule has 0 aliphatic heterocycles. The van der Waals surface area contributed by atoms with Crippen LogP contribution in [-0.2, 0) is 0 Å². The lowest BCUT2D eigenvalue weighted by Gasteiger charge is -2.29. The Labute approximate surface area is 318 Å². The first-order valence-electron chi connectivity index (χ1n) is 18.8. The summed E-state index contributed by atoms with van der Waals surface area (Å²) < 4.78 is 8.93. The van der Waals surface area contributed by atoms with Gasteiger partial charge in [-0.1, -0.05) is 146 Å². The first kappa shape index (κ1) is 31.2. The first-order valence-corrected chi connectivity index (χ1v) is 18.8. The molecule has 3 heteroatoms. The van der Waals surface area contributed by atoms with Crippen molar-refractivity contribution in [1.29, 1.82) is 0 Å². The minimum atomic E-state index is 0.858. The van der Waals surface area contributed by atoms with Crippen LogP contribution in [0.3, 0.4) is 0 Å². The van der Waals surface area contributed by atoms with Crippen LogP contribution < -0.4 is 4.90 Å². The van der Waals surface area contributed by atoms with Gasteiger partial charge in [0, 0.05) is 44.5 Å². The lowest BCUT2D eigenvalue weighted by atomic mass is 9.90. The van der Waals surface area contributed by atoms with Crippen LogP contribution in [0, 0.1) is 0 Å². The fourth-order valence-electron chi connectivity index (χ4n) is 8.62. The molecule has 0 unspecified atom stereocenters. The second kappa shape index (κ2) is 12.6. The van der Waals surface area contributed by atoms with Gasteiger partial charge in [-0.05, 0) is 82.1 Å². The quantitative estimate of drug-likeness (QED) is 0.172.